The molecule has 0 aromatic carbocycles. The number of pyridine rings is 1. The van der Waals surface area contributed by atoms with Crippen LogP contribution in [-0.4, -0.2) is 17.4 Å². The molecule has 4 nitrogen and oxygen atoms in total. The van der Waals surface area contributed by atoms with E-state index in [9.17, 15) is 4.79 Å². The fourth-order valence-electron chi connectivity index (χ4n) is 1.04. The molecule has 0 bridgehead atoms. The normalized spacial score (nSPS) is 15.4. The Morgan fingerprint density at radius 1 is 1.62 bits per heavy atom. The van der Waals surface area contributed by atoms with Crippen LogP contribution in [0, 0.1) is 0 Å². The van der Waals surface area contributed by atoms with Gasteiger partial charge in [-0.3, -0.25) is 4.79 Å². The highest BCUT2D eigenvalue weighted by molar-refractivity contribution is 5.80. The molecule has 0 unspecified atom stereocenters. The molecule has 68 valence electrons. The maximum Gasteiger partial charge on any atom is 0.172 e. The number of aldehydes is 1. The minimum atomic E-state index is 0.227. The van der Waals surface area contributed by atoms with Crippen molar-refractivity contribution in [3.05, 3.63) is 18.0 Å². The van der Waals surface area contributed by atoms with Crippen molar-refractivity contribution in [1.29, 1.82) is 0 Å². The summed E-state index contributed by atoms with van der Waals surface area (Å²) < 4.78 is 5.46. The molecule has 0 spiro atoms. The third-order valence-corrected chi connectivity index (χ3v) is 1.88. The van der Waals surface area contributed by atoms with Gasteiger partial charge in [0.25, 0.3) is 0 Å². The van der Waals surface area contributed by atoms with Gasteiger partial charge in [-0.2, -0.15) is 0 Å². The molecule has 1 fully saturated rings. The van der Waals surface area contributed by atoms with Gasteiger partial charge in [0.05, 0.1) is 11.8 Å². The molecule has 1 aliphatic carbocycles. The van der Waals surface area contributed by atoms with Crippen LogP contribution in [0.2, 0.25) is 0 Å². The highest BCUT2D eigenvalue weighted by Crippen LogP contribution is 2.31. The van der Waals surface area contributed by atoms with Gasteiger partial charge in [0.2, 0.25) is 0 Å². The Morgan fingerprint density at radius 3 is 3.00 bits per heavy atom. The smallest absolute Gasteiger partial charge is 0.172 e. The second kappa shape index (κ2) is 3.05. The Hall–Kier alpha value is -1.58. The van der Waals surface area contributed by atoms with Crippen molar-refractivity contribution in [3.63, 3.8) is 0 Å². The number of hydrogen-bond donors (Lipinski definition) is 1. The molecule has 1 heterocycles. The molecule has 0 aliphatic heterocycles. The summed E-state index contributed by atoms with van der Waals surface area (Å²) in [6.45, 7) is 0. The molecular formula is C9H10N2O2. The molecule has 0 radical (unpaired) electrons. The van der Waals surface area contributed by atoms with E-state index in [2.05, 4.69) is 4.98 Å². The lowest BCUT2D eigenvalue weighted by molar-refractivity contribution is 0.111. The van der Waals surface area contributed by atoms with Gasteiger partial charge in [0, 0.05) is 6.20 Å². The number of nitrogens with zero attached hydrogens (tertiary/aromatic N) is 1. The zero-order valence-corrected chi connectivity index (χ0v) is 7.06. The standard InChI is InChI=1S/C9H10N2O2/c10-7-3-4-11-8(5-12)9(7)13-6-1-2-6/h3-6H,1-2H2,(H2,10,11). The molecule has 0 saturated heterocycles. The zero-order valence-electron chi connectivity index (χ0n) is 7.06. The van der Waals surface area contributed by atoms with E-state index in [1.807, 2.05) is 0 Å². The van der Waals surface area contributed by atoms with E-state index in [0.717, 1.165) is 12.8 Å². The number of nitrogens with two attached hydrogens (primary N) is 1. The van der Waals surface area contributed by atoms with Crippen molar-refractivity contribution in [2.75, 3.05) is 5.73 Å². The van der Waals surface area contributed by atoms with Crippen LogP contribution in [0.3, 0.4) is 0 Å². The van der Waals surface area contributed by atoms with E-state index in [-0.39, 0.29) is 11.8 Å². The molecule has 1 aliphatic rings. The Bertz CT molecular complexity index is 334. The summed E-state index contributed by atoms with van der Waals surface area (Å²) in [5.41, 5.74) is 6.41. The number of ether oxygens (including phenoxy) is 1. The van der Waals surface area contributed by atoms with Gasteiger partial charge in [0.1, 0.15) is 5.69 Å². The number of hydrogen-bond acceptors (Lipinski definition) is 4. The third-order valence-electron chi connectivity index (χ3n) is 1.88. The Morgan fingerprint density at radius 2 is 2.38 bits per heavy atom. The van der Waals surface area contributed by atoms with E-state index >= 15 is 0 Å². The summed E-state index contributed by atoms with van der Waals surface area (Å²) in [7, 11) is 0. The van der Waals surface area contributed by atoms with Gasteiger partial charge in [-0.05, 0) is 18.9 Å². The topological polar surface area (TPSA) is 65.2 Å². The van der Waals surface area contributed by atoms with Crippen LogP contribution in [-0.2, 0) is 0 Å². The van der Waals surface area contributed by atoms with E-state index in [4.69, 9.17) is 10.5 Å². The van der Waals surface area contributed by atoms with E-state index in [0.29, 0.717) is 17.7 Å². The molecule has 2 N–H and O–H groups in total. The Labute approximate surface area is 75.7 Å². The summed E-state index contributed by atoms with van der Waals surface area (Å²) in [5, 5.41) is 0. The van der Waals surface area contributed by atoms with Crippen molar-refractivity contribution in [2.24, 2.45) is 0 Å². The van der Waals surface area contributed by atoms with Crippen molar-refractivity contribution >= 4 is 12.0 Å². The summed E-state index contributed by atoms with van der Waals surface area (Å²) >= 11 is 0. The van der Waals surface area contributed by atoms with E-state index in [1.165, 1.54) is 6.20 Å². The summed E-state index contributed by atoms with van der Waals surface area (Å²) in [6, 6.07) is 1.63. The van der Waals surface area contributed by atoms with Gasteiger partial charge in [-0.25, -0.2) is 4.98 Å². The van der Waals surface area contributed by atoms with Gasteiger partial charge in [-0.1, -0.05) is 0 Å². The first-order chi connectivity index (χ1) is 6.31. The average Bonchev–Trinajstić information content (AvgIpc) is 2.92. The van der Waals surface area contributed by atoms with Crippen molar-refractivity contribution < 1.29 is 9.53 Å². The molecule has 13 heavy (non-hydrogen) atoms. The molecule has 2 rings (SSSR count). The Kier molecular flexibility index (Phi) is 1.88. The average molecular weight is 178 g/mol. The monoisotopic (exact) mass is 178 g/mol. The first kappa shape index (κ1) is 8.04. The zero-order chi connectivity index (χ0) is 9.26. The van der Waals surface area contributed by atoms with Gasteiger partial charge in [-0.15, -0.1) is 0 Å². The minimum Gasteiger partial charge on any atom is -0.486 e. The van der Waals surface area contributed by atoms with Crippen LogP contribution >= 0.6 is 0 Å². The molecule has 1 saturated carbocycles. The third kappa shape index (κ3) is 1.61. The van der Waals surface area contributed by atoms with E-state index < -0.39 is 0 Å². The summed E-state index contributed by atoms with van der Waals surface area (Å²) in [6.07, 6.45) is 4.46. The molecule has 1 aromatic rings. The maximum atomic E-state index is 10.6. The van der Waals surface area contributed by atoms with Crippen LogP contribution in [0.4, 0.5) is 5.69 Å². The largest absolute Gasteiger partial charge is 0.486 e. The second-order valence-electron chi connectivity index (χ2n) is 3.05. The van der Waals surface area contributed by atoms with Crippen LogP contribution < -0.4 is 10.5 Å². The highest BCUT2D eigenvalue weighted by atomic mass is 16.5. The van der Waals surface area contributed by atoms with Gasteiger partial charge in [0.15, 0.2) is 12.0 Å². The fraction of sp³-hybridized carbons (Fsp3) is 0.333. The molecule has 0 amide bonds. The SMILES string of the molecule is Nc1ccnc(C=O)c1OC1CC1. The number of carbonyl (C=O) groups excluding carboxylic acids is 1. The van der Waals surface area contributed by atoms with Crippen LogP contribution in [0.1, 0.15) is 23.3 Å². The molecule has 0 atom stereocenters. The first-order valence-electron chi connectivity index (χ1n) is 4.17. The predicted molar refractivity (Wildman–Crippen MR) is 47.7 cm³/mol. The van der Waals surface area contributed by atoms with Crippen LogP contribution in [0.25, 0.3) is 0 Å². The summed E-state index contributed by atoms with van der Waals surface area (Å²) in [4.78, 5) is 14.4. The highest BCUT2D eigenvalue weighted by Gasteiger charge is 2.25. The lowest BCUT2D eigenvalue weighted by Crippen LogP contribution is -2.04. The predicted octanol–water partition coefficient (Wildman–Crippen LogP) is 1.02. The fourth-order valence-corrected chi connectivity index (χ4v) is 1.04. The number of nitrogen functional groups attached to an aromatic ring is 1. The number of aromatic nitrogens is 1. The number of rotatable bonds is 3. The van der Waals surface area contributed by atoms with Gasteiger partial charge < -0.3 is 10.5 Å². The van der Waals surface area contributed by atoms with Crippen molar-refractivity contribution in [1.82, 2.24) is 4.98 Å². The summed E-state index contributed by atoms with van der Waals surface area (Å²) in [5.74, 6) is 0.431. The maximum absolute atomic E-state index is 10.6. The van der Waals surface area contributed by atoms with Crippen LogP contribution in [0.5, 0.6) is 5.75 Å². The lowest BCUT2D eigenvalue weighted by atomic mass is 10.3. The second-order valence-corrected chi connectivity index (χ2v) is 3.05. The molecule has 1 aromatic heterocycles. The minimum absolute atomic E-state index is 0.227. The molecular weight excluding hydrogens is 168 g/mol. The lowest BCUT2D eigenvalue weighted by Gasteiger charge is -2.08. The number of carbonyl (C=O) groups is 1. The van der Waals surface area contributed by atoms with Gasteiger partial charge >= 0.3 is 0 Å². The molecule has 4 heteroatoms. The number of anilines is 1. The van der Waals surface area contributed by atoms with Crippen molar-refractivity contribution in [2.45, 2.75) is 18.9 Å². The Balaban J connectivity index is 2.32. The van der Waals surface area contributed by atoms with Crippen molar-refractivity contribution in [3.8, 4) is 5.75 Å². The first-order valence-corrected chi connectivity index (χ1v) is 4.17. The van der Waals surface area contributed by atoms with E-state index in [1.54, 1.807) is 6.07 Å². The van der Waals surface area contributed by atoms with Crippen LogP contribution in [0.15, 0.2) is 12.3 Å². The quantitative estimate of drug-likeness (QED) is 0.702.